The summed E-state index contributed by atoms with van der Waals surface area (Å²) in [4.78, 5) is 20.1. The quantitative estimate of drug-likeness (QED) is 0.444. The summed E-state index contributed by atoms with van der Waals surface area (Å²) in [5.41, 5.74) is 3.93. The minimum absolute atomic E-state index is 0.0367. The fourth-order valence-electron chi connectivity index (χ4n) is 3.20. The second-order valence-electron chi connectivity index (χ2n) is 6.66. The highest BCUT2D eigenvalue weighted by molar-refractivity contribution is 7.13. The molecule has 0 atom stereocenters. The average molecular weight is 426 g/mol. The molecule has 5 nitrogen and oxygen atoms in total. The van der Waals surface area contributed by atoms with Crippen LogP contribution in [0.3, 0.4) is 0 Å². The van der Waals surface area contributed by atoms with E-state index in [0.717, 1.165) is 44.9 Å². The number of halogens is 1. The zero-order chi connectivity index (χ0) is 20.2. The van der Waals surface area contributed by atoms with Crippen LogP contribution in [0.25, 0.3) is 21.5 Å². The molecule has 0 aliphatic heterocycles. The number of hydrogen-bond acceptors (Lipinski definition) is 4. The van der Waals surface area contributed by atoms with E-state index in [4.69, 9.17) is 16.3 Å². The minimum Gasteiger partial charge on any atom is -0.497 e. The third kappa shape index (κ3) is 4.60. The number of nitrogens with zero attached hydrogens (tertiary/aromatic N) is 1. The molecule has 2 heterocycles. The second kappa shape index (κ2) is 8.68. The Bertz CT molecular complexity index is 1150. The Hall–Kier alpha value is -2.83. The summed E-state index contributed by atoms with van der Waals surface area (Å²) in [5, 5.41) is 7.58. The van der Waals surface area contributed by atoms with Crippen molar-refractivity contribution in [1.29, 1.82) is 0 Å². The van der Waals surface area contributed by atoms with Crippen LogP contribution >= 0.6 is 22.9 Å². The van der Waals surface area contributed by atoms with Crippen molar-refractivity contribution in [1.82, 2.24) is 15.3 Å². The van der Waals surface area contributed by atoms with E-state index in [2.05, 4.69) is 15.3 Å². The van der Waals surface area contributed by atoms with Gasteiger partial charge in [-0.3, -0.25) is 4.79 Å². The van der Waals surface area contributed by atoms with Crippen LogP contribution in [0, 0.1) is 0 Å². The molecule has 7 heteroatoms. The molecule has 4 aromatic rings. The van der Waals surface area contributed by atoms with Crippen molar-refractivity contribution in [2.45, 2.75) is 12.8 Å². The number of thiazole rings is 1. The molecule has 0 aliphatic carbocycles. The maximum absolute atomic E-state index is 12.3. The molecule has 29 heavy (non-hydrogen) atoms. The van der Waals surface area contributed by atoms with Gasteiger partial charge in [0.2, 0.25) is 5.91 Å². The highest BCUT2D eigenvalue weighted by atomic mass is 35.5. The second-order valence-corrected chi connectivity index (χ2v) is 7.95. The Kier molecular flexibility index (Phi) is 5.83. The number of carbonyl (C=O) groups is 1. The van der Waals surface area contributed by atoms with Crippen LogP contribution in [0.2, 0.25) is 5.02 Å². The number of nitrogens with one attached hydrogen (secondary N) is 2. The molecule has 0 aliphatic rings. The van der Waals surface area contributed by atoms with Crippen molar-refractivity contribution in [2.24, 2.45) is 0 Å². The molecule has 0 saturated carbocycles. The van der Waals surface area contributed by atoms with Crippen molar-refractivity contribution in [2.75, 3.05) is 13.7 Å². The number of aromatic nitrogens is 2. The number of rotatable bonds is 7. The summed E-state index contributed by atoms with van der Waals surface area (Å²) in [6, 6.07) is 13.5. The predicted molar refractivity (Wildman–Crippen MR) is 118 cm³/mol. The maximum atomic E-state index is 12.3. The Balaban J connectivity index is 1.33. The van der Waals surface area contributed by atoms with Crippen LogP contribution in [0.1, 0.15) is 11.3 Å². The topological polar surface area (TPSA) is 67.0 Å². The highest BCUT2D eigenvalue weighted by Crippen LogP contribution is 2.27. The number of fused-ring (bicyclic) bond motifs is 1. The van der Waals surface area contributed by atoms with Crippen LogP contribution in [0.5, 0.6) is 5.75 Å². The van der Waals surface area contributed by atoms with Gasteiger partial charge < -0.3 is 15.0 Å². The fourth-order valence-corrected chi connectivity index (χ4v) is 4.19. The third-order valence-electron chi connectivity index (χ3n) is 4.66. The lowest BCUT2D eigenvalue weighted by atomic mass is 10.1. The van der Waals surface area contributed by atoms with Gasteiger partial charge in [0.1, 0.15) is 10.8 Å². The van der Waals surface area contributed by atoms with Crippen LogP contribution in [0.4, 0.5) is 0 Å². The van der Waals surface area contributed by atoms with E-state index < -0.39 is 0 Å². The Morgan fingerprint density at radius 1 is 1.28 bits per heavy atom. The van der Waals surface area contributed by atoms with E-state index in [1.54, 1.807) is 7.11 Å². The van der Waals surface area contributed by atoms with Crippen molar-refractivity contribution in [3.05, 3.63) is 70.3 Å². The smallest absolute Gasteiger partial charge is 0.226 e. The molecule has 0 bridgehead atoms. The van der Waals surface area contributed by atoms with Crippen LogP contribution in [0.15, 0.2) is 54.0 Å². The molecule has 4 rings (SSSR count). The molecule has 2 aromatic carbocycles. The highest BCUT2D eigenvalue weighted by Gasteiger charge is 2.10. The fraction of sp³-hybridized carbons (Fsp3) is 0.182. The van der Waals surface area contributed by atoms with E-state index in [1.807, 2.05) is 54.0 Å². The lowest BCUT2D eigenvalue weighted by molar-refractivity contribution is -0.120. The molecule has 2 N–H and O–H groups in total. The first kappa shape index (κ1) is 19.5. The molecule has 2 aromatic heterocycles. The maximum Gasteiger partial charge on any atom is 0.226 e. The zero-order valence-corrected chi connectivity index (χ0v) is 17.4. The third-order valence-corrected chi connectivity index (χ3v) is 5.83. The zero-order valence-electron chi connectivity index (χ0n) is 15.9. The van der Waals surface area contributed by atoms with Crippen LogP contribution in [-0.4, -0.2) is 29.5 Å². The van der Waals surface area contributed by atoms with Gasteiger partial charge in [-0.25, -0.2) is 4.98 Å². The average Bonchev–Trinajstić information content (AvgIpc) is 3.35. The number of carbonyl (C=O) groups excluding carboxylic acids is 1. The summed E-state index contributed by atoms with van der Waals surface area (Å²) < 4.78 is 5.26. The molecule has 1 amide bonds. The van der Waals surface area contributed by atoms with Gasteiger partial charge in [0.05, 0.1) is 19.2 Å². The molecule has 0 fully saturated rings. The number of hydrogen-bond donors (Lipinski definition) is 2. The SMILES string of the molecule is COc1cccc(-c2nc(CC(=O)NCCc3c[nH]c4ccc(Cl)cc34)cs2)c1. The molecular weight excluding hydrogens is 406 g/mol. The van der Waals surface area contributed by atoms with Gasteiger partial charge in [0.25, 0.3) is 0 Å². The van der Waals surface area contributed by atoms with Gasteiger partial charge in [-0.05, 0) is 42.3 Å². The summed E-state index contributed by atoms with van der Waals surface area (Å²) in [6.07, 6.45) is 2.96. The molecule has 148 valence electrons. The van der Waals surface area contributed by atoms with Crippen molar-refractivity contribution in [3.8, 4) is 16.3 Å². The molecule has 0 radical (unpaired) electrons. The largest absolute Gasteiger partial charge is 0.497 e. The van der Waals surface area contributed by atoms with E-state index >= 15 is 0 Å². The Morgan fingerprint density at radius 3 is 3.03 bits per heavy atom. The molecule has 0 saturated heterocycles. The predicted octanol–water partition coefficient (Wildman–Crippen LogP) is 4.85. The summed E-state index contributed by atoms with van der Waals surface area (Å²) in [5.74, 6) is 0.751. The standard InChI is InChI=1S/C22H20ClN3O2S/c1-28-18-4-2-3-14(9-18)22-26-17(13-29-22)11-21(27)24-8-7-15-12-25-20-6-5-16(23)10-19(15)20/h2-6,9-10,12-13,25H,7-8,11H2,1H3,(H,24,27). The molecule has 0 spiro atoms. The number of amides is 1. The van der Waals surface area contributed by atoms with Crippen LogP contribution < -0.4 is 10.1 Å². The minimum atomic E-state index is -0.0367. The number of methoxy groups -OCH3 is 1. The Labute approximate surface area is 177 Å². The molecular formula is C22H20ClN3O2S. The monoisotopic (exact) mass is 425 g/mol. The van der Waals surface area contributed by atoms with Gasteiger partial charge in [0.15, 0.2) is 0 Å². The number of H-pyrrole nitrogens is 1. The number of ether oxygens (including phenoxy) is 1. The normalized spacial score (nSPS) is 11.0. The number of aromatic amines is 1. The lowest BCUT2D eigenvalue weighted by Crippen LogP contribution is -2.27. The summed E-state index contributed by atoms with van der Waals surface area (Å²) in [7, 11) is 1.64. The summed E-state index contributed by atoms with van der Waals surface area (Å²) in [6.45, 7) is 0.561. The van der Waals surface area contributed by atoms with Gasteiger partial charge in [-0.2, -0.15) is 0 Å². The number of benzene rings is 2. The van der Waals surface area contributed by atoms with E-state index in [-0.39, 0.29) is 12.3 Å². The van der Waals surface area contributed by atoms with Crippen molar-refractivity contribution >= 4 is 39.7 Å². The molecule has 0 unspecified atom stereocenters. The first-order chi connectivity index (χ1) is 14.1. The Morgan fingerprint density at radius 2 is 2.17 bits per heavy atom. The van der Waals surface area contributed by atoms with Gasteiger partial charge in [-0.15, -0.1) is 11.3 Å². The van der Waals surface area contributed by atoms with Crippen molar-refractivity contribution < 1.29 is 9.53 Å². The van der Waals surface area contributed by atoms with E-state index in [0.29, 0.717) is 11.6 Å². The van der Waals surface area contributed by atoms with Gasteiger partial charge in [-0.1, -0.05) is 23.7 Å². The summed E-state index contributed by atoms with van der Waals surface area (Å²) >= 11 is 7.61. The van der Waals surface area contributed by atoms with E-state index in [9.17, 15) is 4.79 Å². The van der Waals surface area contributed by atoms with E-state index in [1.165, 1.54) is 11.3 Å². The van der Waals surface area contributed by atoms with Gasteiger partial charge >= 0.3 is 0 Å². The lowest BCUT2D eigenvalue weighted by Gasteiger charge is -2.04. The first-order valence-electron chi connectivity index (χ1n) is 9.23. The van der Waals surface area contributed by atoms with Crippen LogP contribution in [-0.2, 0) is 17.6 Å². The van der Waals surface area contributed by atoms with Crippen molar-refractivity contribution in [3.63, 3.8) is 0 Å². The first-order valence-corrected chi connectivity index (χ1v) is 10.5. The van der Waals surface area contributed by atoms with Gasteiger partial charge in [0, 0.05) is 39.6 Å².